The fourth-order valence-electron chi connectivity index (χ4n) is 3.59. The van der Waals surface area contributed by atoms with Crippen LogP contribution in [-0.2, 0) is 5.41 Å². The first-order chi connectivity index (χ1) is 14.2. The van der Waals surface area contributed by atoms with Crippen molar-refractivity contribution in [2.75, 3.05) is 5.32 Å². The quantitative estimate of drug-likeness (QED) is 0.656. The number of hydrazone groups is 1. The molecule has 5 heteroatoms. The van der Waals surface area contributed by atoms with Gasteiger partial charge in [-0.05, 0) is 79.0 Å². The second-order valence-corrected chi connectivity index (χ2v) is 9.18. The zero-order chi connectivity index (χ0) is 21.7. The summed E-state index contributed by atoms with van der Waals surface area (Å²) in [6.45, 7) is 8.63. The maximum Gasteiger partial charge on any atom is 0.271 e. The Balaban J connectivity index is 1.58. The first kappa shape index (κ1) is 21.8. The highest BCUT2D eigenvalue weighted by molar-refractivity contribution is 6.04. The van der Waals surface area contributed by atoms with Crippen LogP contribution in [0.1, 0.15) is 79.7 Å². The average molecular weight is 406 g/mol. The molecular weight excluding hydrogens is 374 g/mol. The van der Waals surface area contributed by atoms with Crippen LogP contribution in [0.2, 0.25) is 0 Å². The van der Waals surface area contributed by atoms with E-state index in [2.05, 4.69) is 43.5 Å². The number of rotatable bonds is 4. The fraction of sp³-hybridized carbons (Fsp3) is 0.400. The number of hydrogen-bond donors (Lipinski definition) is 2. The van der Waals surface area contributed by atoms with Gasteiger partial charge in [0.15, 0.2) is 0 Å². The molecule has 3 rings (SSSR count). The fourth-order valence-corrected chi connectivity index (χ4v) is 3.59. The van der Waals surface area contributed by atoms with Crippen LogP contribution in [0.4, 0.5) is 5.69 Å². The molecule has 0 saturated heterocycles. The molecule has 1 aliphatic carbocycles. The molecule has 1 atom stereocenters. The summed E-state index contributed by atoms with van der Waals surface area (Å²) in [6, 6.07) is 14.5. The zero-order valence-corrected chi connectivity index (χ0v) is 18.3. The summed E-state index contributed by atoms with van der Waals surface area (Å²) in [6.07, 6.45) is 4.25. The lowest BCUT2D eigenvalue weighted by molar-refractivity contribution is 0.0954. The highest BCUT2D eigenvalue weighted by Gasteiger charge is 2.16. The van der Waals surface area contributed by atoms with Crippen LogP contribution in [-0.4, -0.2) is 17.5 Å². The van der Waals surface area contributed by atoms with E-state index in [0.717, 1.165) is 25.0 Å². The van der Waals surface area contributed by atoms with Crippen LogP contribution in [0.15, 0.2) is 53.6 Å². The van der Waals surface area contributed by atoms with Crippen molar-refractivity contribution in [3.8, 4) is 0 Å². The van der Waals surface area contributed by atoms with Crippen LogP contribution in [0.3, 0.4) is 0 Å². The van der Waals surface area contributed by atoms with Gasteiger partial charge in [-0.3, -0.25) is 9.59 Å². The Hall–Kier alpha value is -2.95. The van der Waals surface area contributed by atoms with E-state index in [4.69, 9.17) is 0 Å². The van der Waals surface area contributed by atoms with E-state index in [9.17, 15) is 9.59 Å². The zero-order valence-electron chi connectivity index (χ0n) is 18.3. The largest absolute Gasteiger partial charge is 0.322 e. The summed E-state index contributed by atoms with van der Waals surface area (Å²) in [5.41, 5.74) is 6.69. The van der Waals surface area contributed by atoms with Gasteiger partial charge in [0.1, 0.15) is 0 Å². The van der Waals surface area contributed by atoms with Gasteiger partial charge in [0.25, 0.3) is 11.8 Å². The summed E-state index contributed by atoms with van der Waals surface area (Å²) in [5.74, 6) is 0.212. The van der Waals surface area contributed by atoms with E-state index in [-0.39, 0.29) is 17.2 Å². The molecule has 1 fully saturated rings. The number of nitrogens with zero attached hydrogens (tertiary/aromatic N) is 1. The maximum absolute atomic E-state index is 12.5. The second-order valence-electron chi connectivity index (χ2n) is 9.18. The Morgan fingerprint density at radius 2 is 1.53 bits per heavy atom. The standard InChI is InChI=1S/C25H31N3O2/c1-17-6-5-7-22(16-17)27-28-24(30)19-10-14-21(15-11-19)26-23(29)18-8-12-20(13-9-18)25(2,3)4/h8-15,17H,5-7,16H2,1-4H3,(H,26,29)(H,28,30)/b27-22+. The Morgan fingerprint density at radius 3 is 2.13 bits per heavy atom. The Morgan fingerprint density at radius 1 is 0.933 bits per heavy atom. The van der Waals surface area contributed by atoms with Crippen molar-refractivity contribution in [1.82, 2.24) is 5.43 Å². The number of amides is 2. The SMILES string of the molecule is CC1CCC/C(=N\NC(=O)c2ccc(NC(=O)c3ccc(C(C)(C)C)cc3)cc2)C1. The van der Waals surface area contributed by atoms with Gasteiger partial charge in [0.2, 0.25) is 0 Å². The topological polar surface area (TPSA) is 70.6 Å². The molecule has 1 unspecified atom stereocenters. The number of benzene rings is 2. The summed E-state index contributed by atoms with van der Waals surface area (Å²) >= 11 is 0. The Labute approximate surface area is 179 Å². The molecule has 0 aliphatic heterocycles. The number of carbonyl (C=O) groups is 2. The molecule has 5 nitrogen and oxygen atoms in total. The maximum atomic E-state index is 12.5. The molecule has 0 radical (unpaired) electrons. The van der Waals surface area contributed by atoms with E-state index in [1.54, 1.807) is 24.3 Å². The van der Waals surface area contributed by atoms with E-state index < -0.39 is 0 Å². The van der Waals surface area contributed by atoms with Gasteiger partial charge in [-0.15, -0.1) is 0 Å². The first-order valence-electron chi connectivity index (χ1n) is 10.6. The molecule has 2 aromatic rings. The predicted octanol–water partition coefficient (Wildman–Crippen LogP) is 5.53. The lowest BCUT2D eigenvalue weighted by Gasteiger charge is -2.19. The summed E-state index contributed by atoms with van der Waals surface area (Å²) in [4.78, 5) is 24.8. The van der Waals surface area contributed by atoms with Gasteiger partial charge < -0.3 is 5.32 Å². The van der Waals surface area contributed by atoms with Gasteiger partial charge >= 0.3 is 0 Å². The van der Waals surface area contributed by atoms with E-state index >= 15 is 0 Å². The van der Waals surface area contributed by atoms with Crippen molar-refractivity contribution in [2.24, 2.45) is 11.0 Å². The summed E-state index contributed by atoms with van der Waals surface area (Å²) < 4.78 is 0. The van der Waals surface area contributed by atoms with E-state index in [1.165, 1.54) is 12.0 Å². The summed E-state index contributed by atoms with van der Waals surface area (Å²) in [5, 5.41) is 7.16. The lowest BCUT2D eigenvalue weighted by atomic mass is 9.87. The number of carbonyl (C=O) groups excluding carboxylic acids is 2. The molecule has 0 aromatic heterocycles. The van der Waals surface area contributed by atoms with Crippen molar-refractivity contribution in [1.29, 1.82) is 0 Å². The molecule has 2 amide bonds. The van der Waals surface area contributed by atoms with Crippen LogP contribution >= 0.6 is 0 Å². The van der Waals surface area contributed by atoms with Gasteiger partial charge in [-0.25, -0.2) is 5.43 Å². The molecule has 2 N–H and O–H groups in total. The minimum absolute atomic E-state index is 0.0471. The minimum atomic E-state index is -0.239. The third-order valence-corrected chi connectivity index (χ3v) is 5.48. The second kappa shape index (κ2) is 9.24. The third-order valence-electron chi connectivity index (χ3n) is 5.48. The molecule has 0 bridgehead atoms. The molecule has 158 valence electrons. The minimum Gasteiger partial charge on any atom is -0.322 e. The van der Waals surface area contributed by atoms with Crippen molar-refractivity contribution in [3.63, 3.8) is 0 Å². The van der Waals surface area contributed by atoms with Crippen LogP contribution in [0, 0.1) is 5.92 Å². The number of nitrogens with one attached hydrogen (secondary N) is 2. The molecule has 2 aromatic carbocycles. The Kier molecular flexibility index (Phi) is 6.70. The summed E-state index contributed by atoms with van der Waals surface area (Å²) in [7, 11) is 0. The number of anilines is 1. The van der Waals surface area contributed by atoms with E-state index in [0.29, 0.717) is 22.7 Å². The smallest absolute Gasteiger partial charge is 0.271 e. The van der Waals surface area contributed by atoms with Crippen molar-refractivity contribution in [2.45, 2.75) is 58.8 Å². The molecule has 1 aliphatic rings. The van der Waals surface area contributed by atoms with Crippen LogP contribution in [0.5, 0.6) is 0 Å². The van der Waals surface area contributed by atoms with Crippen molar-refractivity contribution >= 4 is 23.2 Å². The molecular formula is C25H31N3O2. The Bertz CT molecular complexity index is 922. The van der Waals surface area contributed by atoms with E-state index in [1.807, 2.05) is 24.3 Å². The van der Waals surface area contributed by atoms with Gasteiger partial charge in [0, 0.05) is 22.5 Å². The number of hydrogen-bond acceptors (Lipinski definition) is 3. The van der Waals surface area contributed by atoms with Crippen LogP contribution < -0.4 is 10.7 Å². The van der Waals surface area contributed by atoms with Crippen molar-refractivity contribution in [3.05, 3.63) is 65.2 Å². The van der Waals surface area contributed by atoms with Crippen molar-refractivity contribution < 1.29 is 9.59 Å². The predicted molar refractivity (Wildman–Crippen MR) is 122 cm³/mol. The third kappa shape index (κ3) is 5.78. The molecule has 0 spiro atoms. The monoisotopic (exact) mass is 405 g/mol. The van der Waals surface area contributed by atoms with Crippen LogP contribution in [0.25, 0.3) is 0 Å². The highest BCUT2D eigenvalue weighted by atomic mass is 16.2. The average Bonchev–Trinajstić information content (AvgIpc) is 2.72. The van der Waals surface area contributed by atoms with Gasteiger partial charge in [-0.1, -0.05) is 39.8 Å². The molecule has 1 saturated carbocycles. The van der Waals surface area contributed by atoms with Gasteiger partial charge in [0.05, 0.1) is 0 Å². The highest BCUT2D eigenvalue weighted by Crippen LogP contribution is 2.23. The molecule has 30 heavy (non-hydrogen) atoms. The van der Waals surface area contributed by atoms with Gasteiger partial charge in [-0.2, -0.15) is 5.10 Å². The lowest BCUT2D eigenvalue weighted by Crippen LogP contribution is -2.22. The molecule has 0 heterocycles. The first-order valence-corrected chi connectivity index (χ1v) is 10.6. The normalized spacial score (nSPS) is 18.1.